The molecule has 1 atom stereocenters. The molecule has 0 spiro atoms. The topological polar surface area (TPSA) is 35.5 Å². The Labute approximate surface area is 166 Å². The van der Waals surface area contributed by atoms with Gasteiger partial charge in [-0.05, 0) is 55.1 Å². The van der Waals surface area contributed by atoms with Crippen molar-refractivity contribution in [2.24, 2.45) is 0 Å². The van der Waals surface area contributed by atoms with Gasteiger partial charge >= 0.3 is 5.97 Å². The average molecular weight is 377 g/mol. The van der Waals surface area contributed by atoms with Gasteiger partial charge in [-0.3, -0.25) is 0 Å². The van der Waals surface area contributed by atoms with Crippen molar-refractivity contribution in [3.63, 3.8) is 0 Å². The maximum absolute atomic E-state index is 12.4. The number of esters is 1. The standard InChI is InChI=1S/C24H40O3/c1-9-13-14-21(22(25)26-12-4)27-20-16-15-18(23(5,6)10-2)17-19(20)24(7,8)11-3/h15-17,21H,9-14H2,1-8H3. The van der Waals surface area contributed by atoms with Crippen molar-refractivity contribution in [2.75, 3.05) is 6.61 Å². The Balaban J connectivity index is 3.32. The molecule has 0 amide bonds. The number of unbranched alkanes of at least 4 members (excludes halogenated alkanes) is 1. The Hall–Kier alpha value is -1.51. The summed E-state index contributed by atoms with van der Waals surface area (Å²) in [6.07, 6.45) is 4.18. The lowest BCUT2D eigenvalue weighted by molar-refractivity contribution is -0.151. The normalized spacial score (nSPS) is 13.3. The van der Waals surface area contributed by atoms with E-state index in [1.54, 1.807) is 0 Å². The minimum atomic E-state index is -0.540. The number of ether oxygens (including phenoxy) is 2. The van der Waals surface area contributed by atoms with Gasteiger partial charge in [0, 0.05) is 5.56 Å². The molecule has 0 N–H and O–H groups in total. The highest BCUT2D eigenvalue weighted by atomic mass is 16.6. The molecule has 1 rings (SSSR count). The molecule has 0 aliphatic carbocycles. The third-order valence-corrected chi connectivity index (χ3v) is 5.90. The van der Waals surface area contributed by atoms with E-state index < -0.39 is 6.10 Å². The lowest BCUT2D eigenvalue weighted by Crippen LogP contribution is -2.31. The lowest BCUT2D eigenvalue weighted by Gasteiger charge is -2.31. The summed E-state index contributed by atoms with van der Waals surface area (Å²) in [7, 11) is 0. The Morgan fingerprint density at radius 1 is 1.00 bits per heavy atom. The largest absolute Gasteiger partial charge is 0.478 e. The molecule has 154 valence electrons. The predicted molar refractivity (Wildman–Crippen MR) is 114 cm³/mol. The van der Waals surface area contributed by atoms with Crippen LogP contribution in [0.15, 0.2) is 18.2 Å². The third kappa shape index (κ3) is 6.26. The summed E-state index contributed by atoms with van der Waals surface area (Å²) in [6, 6.07) is 6.48. The number of benzene rings is 1. The van der Waals surface area contributed by atoms with Gasteiger partial charge in [0.2, 0.25) is 0 Å². The summed E-state index contributed by atoms with van der Waals surface area (Å²) < 4.78 is 11.5. The van der Waals surface area contributed by atoms with E-state index in [1.807, 2.05) is 6.92 Å². The summed E-state index contributed by atoms with van der Waals surface area (Å²) in [5, 5.41) is 0. The van der Waals surface area contributed by atoms with Crippen molar-refractivity contribution in [3.8, 4) is 5.75 Å². The van der Waals surface area contributed by atoms with Crippen LogP contribution in [0.2, 0.25) is 0 Å². The molecule has 0 fully saturated rings. The fraction of sp³-hybridized carbons (Fsp3) is 0.708. The van der Waals surface area contributed by atoms with Crippen LogP contribution in [0.3, 0.4) is 0 Å². The van der Waals surface area contributed by atoms with E-state index in [9.17, 15) is 4.79 Å². The van der Waals surface area contributed by atoms with Gasteiger partial charge in [0.15, 0.2) is 6.10 Å². The Morgan fingerprint density at radius 2 is 1.63 bits per heavy atom. The van der Waals surface area contributed by atoms with Crippen LogP contribution >= 0.6 is 0 Å². The SMILES string of the molecule is CCCCC(Oc1ccc(C(C)(C)CC)cc1C(C)(C)CC)C(=O)OCC. The highest BCUT2D eigenvalue weighted by molar-refractivity contribution is 5.75. The molecule has 1 unspecified atom stereocenters. The van der Waals surface area contributed by atoms with Gasteiger partial charge < -0.3 is 9.47 Å². The number of hydrogen-bond acceptors (Lipinski definition) is 3. The summed E-state index contributed by atoms with van der Waals surface area (Å²) in [5.74, 6) is 0.552. The number of hydrogen-bond donors (Lipinski definition) is 0. The quantitative estimate of drug-likeness (QED) is 0.410. The van der Waals surface area contributed by atoms with Crippen LogP contribution in [-0.4, -0.2) is 18.7 Å². The first-order valence-corrected chi connectivity index (χ1v) is 10.6. The van der Waals surface area contributed by atoms with E-state index in [1.165, 1.54) is 11.1 Å². The van der Waals surface area contributed by atoms with Gasteiger partial charge in [0.25, 0.3) is 0 Å². The molecular weight excluding hydrogens is 336 g/mol. The fourth-order valence-corrected chi connectivity index (χ4v) is 2.98. The van der Waals surface area contributed by atoms with Crippen molar-refractivity contribution in [1.82, 2.24) is 0 Å². The second kappa shape index (κ2) is 10.1. The van der Waals surface area contributed by atoms with Gasteiger partial charge in [-0.2, -0.15) is 0 Å². The van der Waals surface area contributed by atoms with Crippen LogP contribution in [0, 0.1) is 0 Å². The minimum Gasteiger partial charge on any atom is -0.478 e. The maximum Gasteiger partial charge on any atom is 0.347 e. The zero-order chi connectivity index (χ0) is 20.7. The fourth-order valence-electron chi connectivity index (χ4n) is 2.98. The van der Waals surface area contributed by atoms with E-state index in [4.69, 9.17) is 9.47 Å². The zero-order valence-corrected chi connectivity index (χ0v) is 18.8. The lowest BCUT2D eigenvalue weighted by atomic mass is 9.76. The molecule has 3 heteroatoms. The van der Waals surface area contributed by atoms with Crippen LogP contribution in [0.1, 0.15) is 98.6 Å². The van der Waals surface area contributed by atoms with Crippen molar-refractivity contribution in [1.29, 1.82) is 0 Å². The monoisotopic (exact) mass is 376 g/mol. The molecule has 0 aliphatic heterocycles. The molecule has 0 saturated carbocycles. The zero-order valence-electron chi connectivity index (χ0n) is 18.8. The summed E-state index contributed by atoms with van der Waals surface area (Å²) in [6.45, 7) is 17.8. The van der Waals surface area contributed by atoms with Crippen molar-refractivity contribution < 1.29 is 14.3 Å². The Morgan fingerprint density at radius 3 is 2.15 bits per heavy atom. The second-order valence-electron chi connectivity index (χ2n) is 8.69. The van der Waals surface area contributed by atoms with Crippen molar-refractivity contribution in [2.45, 2.75) is 104 Å². The molecule has 1 aromatic rings. The van der Waals surface area contributed by atoms with Gasteiger partial charge in [-0.25, -0.2) is 4.79 Å². The highest BCUT2D eigenvalue weighted by Gasteiger charge is 2.29. The summed E-state index contributed by atoms with van der Waals surface area (Å²) >= 11 is 0. The first-order chi connectivity index (χ1) is 12.6. The van der Waals surface area contributed by atoms with E-state index in [-0.39, 0.29) is 16.8 Å². The van der Waals surface area contributed by atoms with Crippen LogP contribution < -0.4 is 4.74 Å². The first kappa shape index (κ1) is 23.5. The van der Waals surface area contributed by atoms with Gasteiger partial charge in [-0.1, -0.05) is 67.0 Å². The van der Waals surface area contributed by atoms with Crippen LogP contribution in [0.25, 0.3) is 0 Å². The molecule has 3 nitrogen and oxygen atoms in total. The van der Waals surface area contributed by atoms with E-state index in [2.05, 4.69) is 66.7 Å². The second-order valence-corrected chi connectivity index (χ2v) is 8.69. The molecule has 1 aromatic carbocycles. The van der Waals surface area contributed by atoms with Crippen LogP contribution in [-0.2, 0) is 20.4 Å². The van der Waals surface area contributed by atoms with Crippen LogP contribution in [0.4, 0.5) is 0 Å². The molecule has 0 saturated heterocycles. The summed E-state index contributed by atoms with van der Waals surface area (Å²) in [5.41, 5.74) is 2.57. The molecule has 0 aromatic heterocycles. The Kier molecular flexibility index (Phi) is 8.84. The van der Waals surface area contributed by atoms with E-state index in [0.29, 0.717) is 13.0 Å². The van der Waals surface area contributed by atoms with Crippen molar-refractivity contribution >= 4 is 5.97 Å². The van der Waals surface area contributed by atoms with E-state index in [0.717, 1.165) is 31.4 Å². The van der Waals surface area contributed by atoms with Gasteiger partial charge in [0.1, 0.15) is 5.75 Å². The first-order valence-electron chi connectivity index (χ1n) is 10.6. The maximum atomic E-state index is 12.4. The van der Waals surface area contributed by atoms with Crippen LogP contribution in [0.5, 0.6) is 5.75 Å². The molecule has 0 aliphatic rings. The number of carbonyl (C=O) groups excluding carboxylic acids is 1. The molecular formula is C24H40O3. The highest BCUT2D eigenvalue weighted by Crippen LogP contribution is 2.39. The molecule has 0 bridgehead atoms. The smallest absolute Gasteiger partial charge is 0.347 e. The van der Waals surface area contributed by atoms with E-state index >= 15 is 0 Å². The summed E-state index contributed by atoms with van der Waals surface area (Å²) in [4.78, 5) is 12.4. The Bertz CT molecular complexity index is 602. The molecule has 0 heterocycles. The number of carbonyl (C=O) groups is 1. The predicted octanol–water partition coefficient (Wildman–Crippen LogP) is 6.56. The average Bonchev–Trinajstić information content (AvgIpc) is 2.65. The number of rotatable bonds is 11. The minimum absolute atomic E-state index is 0.0286. The molecule has 27 heavy (non-hydrogen) atoms. The molecule has 0 radical (unpaired) electrons. The van der Waals surface area contributed by atoms with Gasteiger partial charge in [0.05, 0.1) is 6.61 Å². The van der Waals surface area contributed by atoms with Gasteiger partial charge in [-0.15, -0.1) is 0 Å². The van der Waals surface area contributed by atoms with Crippen molar-refractivity contribution in [3.05, 3.63) is 29.3 Å². The third-order valence-electron chi connectivity index (χ3n) is 5.90.